The van der Waals surface area contributed by atoms with E-state index in [0.717, 1.165) is 35.1 Å². The van der Waals surface area contributed by atoms with Gasteiger partial charge in [-0.2, -0.15) is 0 Å². The summed E-state index contributed by atoms with van der Waals surface area (Å²) in [4.78, 5) is 14.9. The predicted octanol–water partition coefficient (Wildman–Crippen LogP) is 4.60. The van der Waals surface area contributed by atoms with Crippen LogP contribution in [0.2, 0.25) is 5.02 Å². The number of para-hydroxylation sites is 1. The molecule has 0 saturated carbocycles. The van der Waals surface area contributed by atoms with Crippen LogP contribution in [0.5, 0.6) is 0 Å². The third kappa shape index (κ3) is 3.66. The molecule has 5 nitrogen and oxygen atoms in total. The first kappa shape index (κ1) is 19.0. The van der Waals surface area contributed by atoms with Crippen molar-refractivity contribution in [1.82, 2.24) is 14.8 Å². The first-order valence-electron chi connectivity index (χ1n) is 9.22. The number of amides is 1. The van der Waals surface area contributed by atoms with Crippen LogP contribution in [0.4, 0.5) is 5.69 Å². The lowest BCUT2D eigenvalue weighted by molar-refractivity contribution is -0.116. The molecule has 0 N–H and O–H groups in total. The van der Waals surface area contributed by atoms with Gasteiger partial charge in [-0.15, -0.1) is 10.2 Å². The summed E-state index contributed by atoms with van der Waals surface area (Å²) in [5, 5.41) is 9.95. The van der Waals surface area contributed by atoms with Gasteiger partial charge in [0.1, 0.15) is 0 Å². The van der Waals surface area contributed by atoms with Crippen LogP contribution in [-0.2, 0) is 18.3 Å². The molecule has 1 aromatic heterocycles. The van der Waals surface area contributed by atoms with Crippen molar-refractivity contribution < 1.29 is 4.79 Å². The molecule has 2 aromatic carbocycles. The fraction of sp³-hybridized carbons (Fsp3) is 0.286. The third-order valence-corrected chi connectivity index (χ3v) is 6.31. The minimum Gasteiger partial charge on any atom is -0.309 e. The van der Waals surface area contributed by atoms with Crippen molar-refractivity contribution in [2.45, 2.75) is 31.0 Å². The molecule has 1 aliphatic heterocycles. The Balaban J connectivity index is 1.49. The monoisotopic (exact) mass is 412 g/mol. The Morgan fingerprint density at radius 1 is 1.18 bits per heavy atom. The summed E-state index contributed by atoms with van der Waals surface area (Å²) in [7, 11) is 1.91. The summed E-state index contributed by atoms with van der Waals surface area (Å²) in [6.45, 7) is 2.11. The average Bonchev–Trinajstić information content (AvgIpc) is 3.07. The lowest BCUT2D eigenvalue weighted by atomic mass is 9.97. The Kier molecular flexibility index (Phi) is 5.42. The van der Waals surface area contributed by atoms with Gasteiger partial charge in [0.05, 0.1) is 5.75 Å². The summed E-state index contributed by atoms with van der Waals surface area (Å²) in [6.07, 6.45) is 2.00. The first-order valence-corrected chi connectivity index (χ1v) is 10.6. The molecule has 3 aromatic rings. The summed E-state index contributed by atoms with van der Waals surface area (Å²) in [6, 6.07) is 15.9. The van der Waals surface area contributed by atoms with Crippen LogP contribution in [0.15, 0.2) is 53.7 Å². The van der Waals surface area contributed by atoms with Crippen molar-refractivity contribution in [2.75, 3.05) is 10.7 Å². The number of aromatic nitrogens is 3. The van der Waals surface area contributed by atoms with Crippen LogP contribution in [-0.4, -0.2) is 32.5 Å². The number of carbonyl (C=O) groups excluding carboxylic acids is 1. The maximum Gasteiger partial charge on any atom is 0.237 e. The van der Waals surface area contributed by atoms with E-state index < -0.39 is 0 Å². The average molecular weight is 413 g/mol. The smallest absolute Gasteiger partial charge is 0.237 e. The Bertz CT molecular complexity index is 1000. The van der Waals surface area contributed by atoms with Crippen LogP contribution in [0, 0.1) is 0 Å². The maximum atomic E-state index is 13.0. The second-order valence-electron chi connectivity index (χ2n) is 6.94. The zero-order valence-corrected chi connectivity index (χ0v) is 17.4. The van der Waals surface area contributed by atoms with Gasteiger partial charge in [-0.1, -0.05) is 41.6 Å². The minimum absolute atomic E-state index is 0.0979. The molecule has 0 spiro atoms. The zero-order valence-electron chi connectivity index (χ0n) is 15.8. The molecule has 2 heterocycles. The molecular weight excluding hydrogens is 392 g/mol. The van der Waals surface area contributed by atoms with E-state index in [1.54, 1.807) is 0 Å². The number of hydrogen-bond acceptors (Lipinski definition) is 4. The van der Waals surface area contributed by atoms with Gasteiger partial charge in [-0.05, 0) is 55.7 Å². The minimum atomic E-state index is 0.0979. The van der Waals surface area contributed by atoms with E-state index in [0.29, 0.717) is 10.8 Å². The quantitative estimate of drug-likeness (QED) is 0.588. The fourth-order valence-electron chi connectivity index (χ4n) is 3.56. The Hall–Kier alpha value is -2.31. The Morgan fingerprint density at radius 2 is 1.93 bits per heavy atom. The summed E-state index contributed by atoms with van der Waals surface area (Å²) in [5.74, 6) is 1.18. The normalized spacial score (nSPS) is 16.1. The molecule has 1 aliphatic rings. The molecular formula is C21H21ClN4OS. The molecule has 0 bridgehead atoms. The number of nitrogens with zero attached hydrogens (tertiary/aromatic N) is 4. The van der Waals surface area contributed by atoms with E-state index in [4.69, 9.17) is 11.6 Å². The van der Waals surface area contributed by atoms with Gasteiger partial charge in [-0.25, -0.2) is 0 Å². The number of thioether (sulfide) groups is 1. The predicted molar refractivity (Wildman–Crippen MR) is 114 cm³/mol. The first-order chi connectivity index (χ1) is 13.5. The summed E-state index contributed by atoms with van der Waals surface area (Å²) in [5.41, 5.74) is 3.21. The molecule has 0 saturated heterocycles. The van der Waals surface area contributed by atoms with Gasteiger partial charge in [0.25, 0.3) is 0 Å². The van der Waals surface area contributed by atoms with E-state index in [9.17, 15) is 4.79 Å². The maximum absolute atomic E-state index is 13.0. The van der Waals surface area contributed by atoms with Crippen molar-refractivity contribution in [3.05, 3.63) is 59.1 Å². The highest BCUT2D eigenvalue weighted by Crippen LogP contribution is 2.32. The zero-order chi connectivity index (χ0) is 19.7. The third-order valence-electron chi connectivity index (χ3n) is 5.05. The van der Waals surface area contributed by atoms with E-state index in [1.165, 1.54) is 17.3 Å². The number of fused-ring (bicyclic) bond motifs is 1. The van der Waals surface area contributed by atoms with Gasteiger partial charge < -0.3 is 9.47 Å². The number of hydrogen-bond donors (Lipinski definition) is 0. The standard InChI is InChI=1S/C21H21ClN4OS/c1-14-7-8-15-5-3-4-6-18(15)26(14)19(27)13-28-21-24-23-20(25(21)2)16-9-11-17(22)12-10-16/h3-6,9-12,14H,7-8,13H2,1-2H3. The second-order valence-corrected chi connectivity index (χ2v) is 8.32. The van der Waals surface area contributed by atoms with Crippen molar-refractivity contribution in [1.29, 1.82) is 0 Å². The lowest BCUT2D eigenvalue weighted by Gasteiger charge is -2.35. The Morgan fingerprint density at radius 3 is 2.71 bits per heavy atom. The van der Waals surface area contributed by atoms with Crippen LogP contribution < -0.4 is 4.90 Å². The largest absolute Gasteiger partial charge is 0.309 e. The topological polar surface area (TPSA) is 51.0 Å². The fourth-order valence-corrected chi connectivity index (χ4v) is 4.45. The molecule has 1 amide bonds. The SMILES string of the molecule is CC1CCc2ccccc2N1C(=O)CSc1nnc(-c2ccc(Cl)cc2)n1C. The van der Waals surface area contributed by atoms with E-state index in [-0.39, 0.29) is 11.9 Å². The van der Waals surface area contributed by atoms with Gasteiger partial charge in [0.15, 0.2) is 11.0 Å². The second kappa shape index (κ2) is 7.97. The van der Waals surface area contributed by atoms with Crippen LogP contribution >= 0.6 is 23.4 Å². The number of benzene rings is 2. The van der Waals surface area contributed by atoms with Crippen molar-refractivity contribution >= 4 is 35.0 Å². The van der Waals surface area contributed by atoms with E-state index in [1.807, 2.05) is 59.0 Å². The van der Waals surface area contributed by atoms with E-state index in [2.05, 4.69) is 23.2 Å². The molecule has 1 unspecified atom stereocenters. The molecule has 144 valence electrons. The Labute approximate surface area is 173 Å². The number of carbonyl (C=O) groups is 1. The highest BCUT2D eigenvalue weighted by atomic mass is 35.5. The molecule has 0 aliphatic carbocycles. The molecule has 0 radical (unpaired) electrons. The number of halogens is 1. The number of anilines is 1. The van der Waals surface area contributed by atoms with Crippen molar-refractivity contribution in [3.8, 4) is 11.4 Å². The van der Waals surface area contributed by atoms with Crippen LogP contribution in [0.1, 0.15) is 18.9 Å². The van der Waals surface area contributed by atoms with Crippen LogP contribution in [0.25, 0.3) is 11.4 Å². The van der Waals surface area contributed by atoms with Gasteiger partial charge >= 0.3 is 0 Å². The lowest BCUT2D eigenvalue weighted by Crippen LogP contribution is -2.43. The van der Waals surface area contributed by atoms with Gasteiger partial charge in [-0.3, -0.25) is 4.79 Å². The highest BCUT2D eigenvalue weighted by molar-refractivity contribution is 7.99. The molecule has 28 heavy (non-hydrogen) atoms. The van der Waals surface area contributed by atoms with Crippen molar-refractivity contribution in [3.63, 3.8) is 0 Å². The molecule has 0 fully saturated rings. The van der Waals surface area contributed by atoms with E-state index >= 15 is 0 Å². The number of aryl methyl sites for hydroxylation is 1. The molecule has 4 rings (SSSR count). The van der Waals surface area contributed by atoms with Crippen molar-refractivity contribution in [2.24, 2.45) is 7.05 Å². The summed E-state index contributed by atoms with van der Waals surface area (Å²) < 4.78 is 1.91. The van der Waals surface area contributed by atoms with Crippen LogP contribution in [0.3, 0.4) is 0 Å². The highest BCUT2D eigenvalue weighted by Gasteiger charge is 2.28. The van der Waals surface area contributed by atoms with Gasteiger partial charge in [0.2, 0.25) is 5.91 Å². The van der Waals surface area contributed by atoms with Gasteiger partial charge in [0, 0.05) is 29.4 Å². The molecule has 7 heteroatoms. The number of rotatable bonds is 4. The summed E-state index contributed by atoms with van der Waals surface area (Å²) >= 11 is 7.38. The molecule has 1 atom stereocenters.